The molecule has 0 spiro atoms. The van der Waals surface area contributed by atoms with Crippen LogP contribution in [-0.2, 0) is 23.3 Å². The second-order valence-electron chi connectivity index (χ2n) is 5.67. The molecule has 1 aromatic heterocycles. The molecule has 8 heteroatoms. The van der Waals surface area contributed by atoms with Crippen molar-refractivity contribution in [2.45, 2.75) is 29.7 Å². The topological polar surface area (TPSA) is 76.9 Å². The number of aromatic nitrogens is 3. The highest BCUT2D eigenvalue weighted by Gasteiger charge is 2.25. The minimum Gasteiger partial charge on any atom is -0.317 e. The van der Waals surface area contributed by atoms with E-state index in [1.807, 2.05) is 11.6 Å². The molecule has 6 nitrogen and oxygen atoms in total. The van der Waals surface area contributed by atoms with Gasteiger partial charge in [0.2, 0.25) is 0 Å². The van der Waals surface area contributed by atoms with Gasteiger partial charge >= 0.3 is 0 Å². The fourth-order valence-corrected chi connectivity index (χ4v) is 5.55. The Morgan fingerprint density at radius 1 is 1.38 bits per heavy atom. The number of rotatable bonds is 4. The van der Waals surface area contributed by atoms with E-state index in [0.29, 0.717) is 5.92 Å². The van der Waals surface area contributed by atoms with E-state index in [2.05, 4.69) is 15.5 Å². The van der Waals surface area contributed by atoms with Crippen molar-refractivity contribution in [3.8, 4) is 0 Å². The van der Waals surface area contributed by atoms with Gasteiger partial charge in [-0.05, 0) is 31.8 Å². The molecule has 1 N–H and O–H groups in total. The van der Waals surface area contributed by atoms with Gasteiger partial charge < -0.3 is 9.88 Å². The van der Waals surface area contributed by atoms with Crippen molar-refractivity contribution in [1.82, 2.24) is 20.1 Å². The summed E-state index contributed by atoms with van der Waals surface area (Å²) in [5, 5.41) is 13.9. The first-order valence-electron chi connectivity index (χ1n) is 7.20. The normalized spacial score (nSPS) is 25.5. The van der Waals surface area contributed by atoms with Gasteiger partial charge in [0, 0.05) is 24.1 Å². The second-order valence-corrected chi connectivity index (χ2v) is 8.81. The summed E-state index contributed by atoms with van der Waals surface area (Å²) in [6, 6.07) is 0. The molecule has 0 radical (unpaired) electrons. The summed E-state index contributed by atoms with van der Waals surface area (Å²) in [5.74, 6) is 1.82. The lowest BCUT2D eigenvalue weighted by Crippen LogP contribution is -2.29. The van der Waals surface area contributed by atoms with Crippen molar-refractivity contribution in [2.24, 2.45) is 13.0 Å². The summed E-state index contributed by atoms with van der Waals surface area (Å²) in [6.45, 7) is 2.16. The third-order valence-electron chi connectivity index (χ3n) is 4.01. The molecular weight excluding hydrogens is 308 g/mol. The molecule has 1 aromatic rings. The van der Waals surface area contributed by atoms with Gasteiger partial charge in [0.1, 0.15) is 5.82 Å². The Labute approximate surface area is 129 Å². The summed E-state index contributed by atoms with van der Waals surface area (Å²) in [4.78, 5) is 0. The standard InChI is InChI=1S/C13H20N4O2S2/c1-17-12(8-10-2-5-14-6-3-10)15-16-13(17)20-11-4-7-21(18,19)9-11/h4,7,10-11,14H,2-3,5-6,8-9H2,1H3/t11-/m0/s1. The van der Waals surface area contributed by atoms with E-state index in [4.69, 9.17) is 0 Å². The molecule has 2 aliphatic heterocycles. The van der Waals surface area contributed by atoms with Gasteiger partial charge in [0.05, 0.1) is 5.75 Å². The largest absolute Gasteiger partial charge is 0.317 e. The summed E-state index contributed by atoms with van der Waals surface area (Å²) >= 11 is 1.47. The molecule has 3 heterocycles. The van der Waals surface area contributed by atoms with Gasteiger partial charge in [-0.3, -0.25) is 0 Å². The predicted octanol–water partition coefficient (Wildman–Crippen LogP) is 0.760. The predicted molar refractivity (Wildman–Crippen MR) is 82.9 cm³/mol. The van der Waals surface area contributed by atoms with Crippen LogP contribution < -0.4 is 5.32 Å². The van der Waals surface area contributed by atoms with E-state index in [0.717, 1.165) is 30.5 Å². The van der Waals surface area contributed by atoms with Crippen LogP contribution >= 0.6 is 11.8 Å². The lowest BCUT2D eigenvalue weighted by molar-refractivity contribution is 0.363. The van der Waals surface area contributed by atoms with E-state index in [1.54, 1.807) is 6.08 Å². The van der Waals surface area contributed by atoms with Crippen molar-refractivity contribution in [1.29, 1.82) is 0 Å². The zero-order chi connectivity index (χ0) is 14.9. The SMILES string of the molecule is Cn1c(CC2CCNCC2)nnc1S[C@H]1C=CS(=O)(=O)C1. The number of nitrogens with zero attached hydrogens (tertiary/aromatic N) is 3. The molecule has 21 heavy (non-hydrogen) atoms. The van der Waals surface area contributed by atoms with Crippen LogP contribution in [0.1, 0.15) is 18.7 Å². The molecule has 0 saturated carbocycles. The van der Waals surface area contributed by atoms with Gasteiger partial charge in [-0.15, -0.1) is 10.2 Å². The fourth-order valence-electron chi connectivity index (χ4n) is 2.73. The van der Waals surface area contributed by atoms with Crippen LogP contribution in [-0.4, -0.2) is 47.3 Å². The summed E-state index contributed by atoms with van der Waals surface area (Å²) < 4.78 is 24.9. The smallest absolute Gasteiger partial charge is 0.191 e. The Hall–Kier alpha value is -0.860. The molecule has 0 unspecified atom stereocenters. The molecule has 0 amide bonds. The number of sulfone groups is 1. The van der Waals surface area contributed by atoms with Crippen molar-refractivity contribution in [3.05, 3.63) is 17.3 Å². The van der Waals surface area contributed by atoms with E-state index >= 15 is 0 Å². The molecule has 3 rings (SSSR count). The zero-order valence-electron chi connectivity index (χ0n) is 12.0. The average Bonchev–Trinajstić information content (AvgIpc) is 2.97. The number of nitrogens with one attached hydrogen (secondary N) is 1. The number of piperidine rings is 1. The lowest BCUT2D eigenvalue weighted by atomic mass is 9.94. The van der Waals surface area contributed by atoms with Gasteiger partial charge in [-0.1, -0.05) is 17.8 Å². The van der Waals surface area contributed by atoms with Gasteiger partial charge in [-0.2, -0.15) is 0 Å². The van der Waals surface area contributed by atoms with Crippen molar-refractivity contribution >= 4 is 21.6 Å². The van der Waals surface area contributed by atoms with E-state index in [-0.39, 0.29) is 11.0 Å². The molecule has 1 saturated heterocycles. The minimum absolute atomic E-state index is 0.0513. The molecule has 2 aliphatic rings. The number of thioether (sulfide) groups is 1. The average molecular weight is 328 g/mol. The molecule has 116 valence electrons. The third-order valence-corrected chi connectivity index (χ3v) is 6.81. The van der Waals surface area contributed by atoms with Gasteiger partial charge in [0.15, 0.2) is 15.0 Å². The number of hydrogen-bond acceptors (Lipinski definition) is 6. The van der Waals surface area contributed by atoms with Crippen LogP contribution in [0.15, 0.2) is 16.6 Å². The quantitative estimate of drug-likeness (QED) is 0.879. The monoisotopic (exact) mass is 328 g/mol. The van der Waals surface area contributed by atoms with Crippen molar-refractivity contribution in [3.63, 3.8) is 0 Å². The minimum atomic E-state index is -3.01. The van der Waals surface area contributed by atoms with Crippen LogP contribution in [0, 0.1) is 5.92 Å². The highest BCUT2D eigenvalue weighted by Crippen LogP contribution is 2.28. The first kappa shape index (κ1) is 15.1. The summed E-state index contributed by atoms with van der Waals surface area (Å²) in [6.07, 6.45) is 5.05. The maximum atomic E-state index is 11.4. The number of hydrogen-bond donors (Lipinski definition) is 1. The third kappa shape index (κ3) is 3.67. The summed E-state index contributed by atoms with van der Waals surface area (Å²) in [7, 11) is -1.05. The Bertz CT molecular complexity index is 633. The fraction of sp³-hybridized carbons (Fsp3) is 0.692. The van der Waals surface area contributed by atoms with Crippen LogP contribution in [0.25, 0.3) is 0 Å². The molecule has 0 aromatic carbocycles. The Kier molecular flexibility index (Phi) is 4.37. The van der Waals surface area contributed by atoms with E-state index in [1.165, 1.54) is 30.0 Å². The lowest BCUT2D eigenvalue weighted by Gasteiger charge is -2.21. The molecular formula is C13H20N4O2S2. The Morgan fingerprint density at radius 3 is 2.81 bits per heavy atom. The van der Waals surface area contributed by atoms with Crippen LogP contribution in [0.2, 0.25) is 0 Å². The Morgan fingerprint density at radius 2 is 2.14 bits per heavy atom. The highest BCUT2D eigenvalue weighted by molar-refractivity contribution is 8.02. The van der Waals surface area contributed by atoms with E-state index < -0.39 is 9.84 Å². The second kappa shape index (κ2) is 6.10. The van der Waals surface area contributed by atoms with Gasteiger partial charge in [-0.25, -0.2) is 8.42 Å². The summed E-state index contributed by atoms with van der Waals surface area (Å²) in [5.41, 5.74) is 0. The van der Waals surface area contributed by atoms with Crippen LogP contribution in [0.3, 0.4) is 0 Å². The molecule has 0 aliphatic carbocycles. The van der Waals surface area contributed by atoms with Crippen molar-refractivity contribution in [2.75, 3.05) is 18.8 Å². The first-order chi connectivity index (χ1) is 10.0. The molecule has 1 fully saturated rings. The molecule has 1 atom stereocenters. The highest BCUT2D eigenvalue weighted by atomic mass is 32.2. The Balaban J connectivity index is 1.64. The molecule has 0 bridgehead atoms. The zero-order valence-corrected chi connectivity index (χ0v) is 13.7. The van der Waals surface area contributed by atoms with E-state index in [9.17, 15) is 8.42 Å². The van der Waals surface area contributed by atoms with Crippen LogP contribution in [0.5, 0.6) is 0 Å². The van der Waals surface area contributed by atoms with Crippen LogP contribution in [0.4, 0.5) is 0 Å². The maximum absolute atomic E-state index is 11.4. The van der Waals surface area contributed by atoms with Gasteiger partial charge in [0.25, 0.3) is 0 Å². The first-order valence-corrected chi connectivity index (χ1v) is 9.79. The maximum Gasteiger partial charge on any atom is 0.191 e. The van der Waals surface area contributed by atoms with Crippen molar-refractivity contribution < 1.29 is 8.42 Å².